The van der Waals surface area contributed by atoms with Crippen molar-refractivity contribution in [1.29, 1.82) is 0 Å². The Hall–Kier alpha value is -2.16. The molecule has 1 aromatic heterocycles. The van der Waals surface area contributed by atoms with Gasteiger partial charge in [-0.2, -0.15) is 0 Å². The molecule has 2 aromatic rings. The summed E-state index contributed by atoms with van der Waals surface area (Å²) in [5.41, 5.74) is 1.89. The number of carbonyl (C=O) groups is 1. The van der Waals surface area contributed by atoms with Crippen LogP contribution in [0.2, 0.25) is 0 Å². The first-order valence-electron chi connectivity index (χ1n) is 5.92. The first-order valence-corrected chi connectivity index (χ1v) is 5.92. The molecule has 0 N–H and O–H groups in total. The van der Waals surface area contributed by atoms with Gasteiger partial charge in [-0.15, -0.1) is 0 Å². The highest BCUT2D eigenvalue weighted by Crippen LogP contribution is 2.16. The molecule has 3 heteroatoms. The van der Waals surface area contributed by atoms with Gasteiger partial charge in [0.2, 0.25) is 5.78 Å². The van der Waals surface area contributed by atoms with Crippen molar-refractivity contribution < 1.29 is 9.53 Å². The number of hydrogen-bond acceptors (Lipinski definition) is 3. The van der Waals surface area contributed by atoms with Gasteiger partial charge in [-0.05, 0) is 38.1 Å². The molecule has 0 amide bonds. The number of benzene rings is 1. The van der Waals surface area contributed by atoms with Gasteiger partial charge in [0.15, 0.2) is 0 Å². The zero-order chi connectivity index (χ0) is 13.0. The fourth-order valence-corrected chi connectivity index (χ4v) is 1.71. The van der Waals surface area contributed by atoms with Crippen molar-refractivity contribution >= 4 is 5.78 Å². The van der Waals surface area contributed by atoms with E-state index in [4.69, 9.17) is 4.74 Å². The SMILES string of the molecule is CCOc1cccc(C(=O)c2cccc(C)n2)c1. The molecule has 0 aliphatic heterocycles. The third kappa shape index (κ3) is 2.74. The van der Waals surface area contributed by atoms with Crippen LogP contribution in [0.15, 0.2) is 42.5 Å². The molecule has 0 saturated heterocycles. The number of nitrogens with zero attached hydrogens (tertiary/aromatic N) is 1. The van der Waals surface area contributed by atoms with Gasteiger partial charge >= 0.3 is 0 Å². The van der Waals surface area contributed by atoms with Crippen molar-refractivity contribution in [2.45, 2.75) is 13.8 Å². The van der Waals surface area contributed by atoms with E-state index in [-0.39, 0.29) is 5.78 Å². The quantitative estimate of drug-likeness (QED) is 0.772. The normalized spacial score (nSPS) is 10.1. The molecule has 1 heterocycles. The van der Waals surface area contributed by atoms with Crippen molar-refractivity contribution in [1.82, 2.24) is 4.98 Å². The van der Waals surface area contributed by atoms with Gasteiger partial charge < -0.3 is 4.74 Å². The Morgan fingerprint density at radius 2 is 2.00 bits per heavy atom. The zero-order valence-corrected chi connectivity index (χ0v) is 10.5. The number of hydrogen-bond donors (Lipinski definition) is 0. The second-order valence-electron chi connectivity index (χ2n) is 3.95. The fourth-order valence-electron chi connectivity index (χ4n) is 1.71. The summed E-state index contributed by atoms with van der Waals surface area (Å²) in [5.74, 6) is 0.622. The average molecular weight is 241 g/mol. The standard InChI is InChI=1S/C15H15NO2/c1-3-18-13-8-5-7-12(10-13)15(17)14-9-4-6-11(2)16-14/h4-10H,3H2,1-2H3. The molecule has 0 aliphatic rings. The van der Waals surface area contributed by atoms with E-state index in [1.165, 1.54) is 0 Å². The predicted octanol–water partition coefficient (Wildman–Crippen LogP) is 3.02. The van der Waals surface area contributed by atoms with Crippen LogP contribution in [-0.4, -0.2) is 17.4 Å². The summed E-state index contributed by atoms with van der Waals surface area (Å²) in [5, 5.41) is 0. The molecular weight excluding hydrogens is 226 g/mol. The highest BCUT2D eigenvalue weighted by Gasteiger charge is 2.11. The van der Waals surface area contributed by atoms with E-state index in [2.05, 4.69) is 4.98 Å². The molecule has 0 atom stereocenters. The van der Waals surface area contributed by atoms with E-state index in [9.17, 15) is 4.79 Å². The van der Waals surface area contributed by atoms with Gasteiger partial charge in [-0.25, -0.2) is 4.98 Å². The molecule has 1 aromatic carbocycles. The zero-order valence-electron chi connectivity index (χ0n) is 10.5. The lowest BCUT2D eigenvalue weighted by Crippen LogP contribution is -2.05. The van der Waals surface area contributed by atoms with E-state index < -0.39 is 0 Å². The Kier molecular flexibility index (Phi) is 3.72. The molecular formula is C15H15NO2. The number of aromatic nitrogens is 1. The van der Waals surface area contributed by atoms with E-state index in [0.29, 0.717) is 23.6 Å². The minimum atomic E-state index is -0.0831. The van der Waals surface area contributed by atoms with Gasteiger partial charge in [0, 0.05) is 11.3 Å². The summed E-state index contributed by atoms with van der Waals surface area (Å²) in [6.45, 7) is 4.37. The first-order chi connectivity index (χ1) is 8.70. The van der Waals surface area contributed by atoms with Crippen LogP contribution in [-0.2, 0) is 0 Å². The third-order valence-corrected chi connectivity index (χ3v) is 2.53. The lowest BCUT2D eigenvalue weighted by Gasteiger charge is -2.05. The maximum atomic E-state index is 12.2. The molecule has 92 valence electrons. The molecule has 18 heavy (non-hydrogen) atoms. The summed E-state index contributed by atoms with van der Waals surface area (Å²) in [7, 11) is 0. The molecule has 0 bridgehead atoms. The number of ketones is 1. The van der Waals surface area contributed by atoms with Crippen LogP contribution < -0.4 is 4.74 Å². The Labute approximate surface area is 106 Å². The molecule has 0 spiro atoms. The predicted molar refractivity (Wildman–Crippen MR) is 70.0 cm³/mol. The summed E-state index contributed by atoms with van der Waals surface area (Å²) in [6.07, 6.45) is 0. The summed E-state index contributed by atoms with van der Waals surface area (Å²) >= 11 is 0. The Morgan fingerprint density at radius 3 is 2.72 bits per heavy atom. The summed E-state index contributed by atoms with van der Waals surface area (Å²) in [6, 6.07) is 12.6. The van der Waals surface area contributed by atoms with Crippen LogP contribution in [0, 0.1) is 6.92 Å². The number of pyridine rings is 1. The highest BCUT2D eigenvalue weighted by molar-refractivity contribution is 6.07. The van der Waals surface area contributed by atoms with Crippen molar-refractivity contribution in [3.05, 3.63) is 59.4 Å². The number of aryl methyl sites for hydroxylation is 1. The van der Waals surface area contributed by atoms with E-state index in [1.807, 2.05) is 38.1 Å². The third-order valence-electron chi connectivity index (χ3n) is 2.53. The first kappa shape index (κ1) is 12.3. The summed E-state index contributed by atoms with van der Waals surface area (Å²) in [4.78, 5) is 16.5. The molecule has 0 saturated carbocycles. The van der Waals surface area contributed by atoms with Crippen molar-refractivity contribution in [2.24, 2.45) is 0 Å². The molecule has 2 rings (SSSR count). The second-order valence-corrected chi connectivity index (χ2v) is 3.95. The maximum absolute atomic E-state index is 12.2. The minimum absolute atomic E-state index is 0.0831. The fraction of sp³-hybridized carbons (Fsp3) is 0.200. The lowest BCUT2D eigenvalue weighted by molar-refractivity contribution is 0.103. The minimum Gasteiger partial charge on any atom is -0.494 e. The van der Waals surface area contributed by atoms with E-state index in [1.54, 1.807) is 18.2 Å². The van der Waals surface area contributed by atoms with Crippen molar-refractivity contribution in [3.8, 4) is 5.75 Å². The van der Waals surface area contributed by atoms with E-state index >= 15 is 0 Å². The molecule has 3 nitrogen and oxygen atoms in total. The van der Waals surface area contributed by atoms with Crippen LogP contribution in [0.1, 0.15) is 28.7 Å². The topological polar surface area (TPSA) is 39.2 Å². The number of rotatable bonds is 4. The average Bonchev–Trinajstić information content (AvgIpc) is 2.39. The van der Waals surface area contributed by atoms with Crippen LogP contribution in [0.3, 0.4) is 0 Å². The van der Waals surface area contributed by atoms with E-state index in [0.717, 1.165) is 5.69 Å². The molecule has 0 radical (unpaired) electrons. The van der Waals surface area contributed by atoms with Crippen LogP contribution in [0.5, 0.6) is 5.75 Å². The summed E-state index contributed by atoms with van der Waals surface area (Å²) < 4.78 is 5.38. The second kappa shape index (κ2) is 5.45. The van der Waals surface area contributed by atoms with Gasteiger partial charge in [-0.3, -0.25) is 4.79 Å². The molecule has 0 fully saturated rings. The lowest BCUT2D eigenvalue weighted by atomic mass is 10.1. The van der Waals surface area contributed by atoms with Gasteiger partial charge in [-0.1, -0.05) is 18.2 Å². The smallest absolute Gasteiger partial charge is 0.211 e. The largest absolute Gasteiger partial charge is 0.494 e. The Balaban J connectivity index is 2.31. The molecule has 0 unspecified atom stereocenters. The van der Waals surface area contributed by atoms with Gasteiger partial charge in [0.1, 0.15) is 11.4 Å². The highest BCUT2D eigenvalue weighted by atomic mass is 16.5. The van der Waals surface area contributed by atoms with Crippen LogP contribution in [0.25, 0.3) is 0 Å². The number of ether oxygens (including phenoxy) is 1. The van der Waals surface area contributed by atoms with Crippen LogP contribution >= 0.6 is 0 Å². The van der Waals surface area contributed by atoms with Gasteiger partial charge in [0.25, 0.3) is 0 Å². The Bertz CT molecular complexity index is 564. The van der Waals surface area contributed by atoms with Gasteiger partial charge in [0.05, 0.1) is 6.61 Å². The molecule has 0 aliphatic carbocycles. The van der Waals surface area contributed by atoms with Crippen molar-refractivity contribution in [2.75, 3.05) is 6.61 Å². The maximum Gasteiger partial charge on any atom is 0.211 e. The van der Waals surface area contributed by atoms with Crippen LogP contribution in [0.4, 0.5) is 0 Å². The Morgan fingerprint density at radius 1 is 1.22 bits per heavy atom. The number of carbonyl (C=O) groups excluding carboxylic acids is 1. The van der Waals surface area contributed by atoms with Crippen molar-refractivity contribution in [3.63, 3.8) is 0 Å². The monoisotopic (exact) mass is 241 g/mol.